The molecule has 1 rings (SSSR count). The fourth-order valence-corrected chi connectivity index (χ4v) is 1.28. The summed E-state index contributed by atoms with van der Waals surface area (Å²) in [6.45, 7) is 14.0. The van der Waals surface area contributed by atoms with Gasteiger partial charge in [-0.1, -0.05) is 65.8 Å². The van der Waals surface area contributed by atoms with E-state index in [9.17, 15) is 4.79 Å². The van der Waals surface area contributed by atoms with Crippen LogP contribution in [0.1, 0.15) is 59.6 Å². The van der Waals surface area contributed by atoms with E-state index >= 15 is 0 Å². The molecule has 0 aromatic heterocycles. The van der Waals surface area contributed by atoms with Crippen molar-refractivity contribution in [3.63, 3.8) is 0 Å². The molecule has 0 heterocycles. The number of Topliss-reactive ketones (excluding diaryl/α,β-unsaturated/α-hetero) is 1. The molecule has 1 aromatic rings. The van der Waals surface area contributed by atoms with Crippen LogP contribution < -0.4 is 11.5 Å². The lowest BCUT2D eigenvalue weighted by molar-refractivity contribution is -0.118. The number of rotatable bonds is 4. The van der Waals surface area contributed by atoms with Crippen LogP contribution in [0.15, 0.2) is 24.3 Å². The topological polar surface area (TPSA) is 69.1 Å². The van der Waals surface area contributed by atoms with Crippen LogP contribution in [-0.2, 0) is 17.8 Å². The molecule has 1 atom stereocenters. The Morgan fingerprint density at radius 1 is 1.05 bits per heavy atom. The maximum absolute atomic E-state index is 11.0. The second-order valence-electron chi connectivity index (χ2n) is 3.45. The summed E-state index contributed by atoms with van der Waals surface area (Å²) in [5.41, 5.74) is 13.3. The van der Waals surface area contributed by atoms with Crippen molar-refractivity contribution in [2.75, 3.05) is 0 Å². The van der Waals surface area contributed by atoms with Crippen molar-refractivity contribution in [1.29, 1.82) is 0 Å². The van der Waals surface area contributed by atoms with Crippen molar-refractivity contribution >= 4 is 5.78 Å². The van der Waals surface area contributed by atoms with Crippen LogP contribution in [-0.4, -0.2) is 11.8 Å². The molecule has 3 nitrogen and oxygen atoms in total. The summed E-state index contributed by atoms with van der Waals surface area (Å²) < 4.78 is 0. The van der Waals surface area contributed by atoms with E-state index in [2.05, 4.69) is 0 Å². The first-order chi connectivity index (χ1) is 9.63. The van der Waals surface area contributed by atoms with Crippen LogP contribution in [0, 0.1) is 0 Å². The Labute approximate surface area is 125 Å². The van der Waals surface area contributed by atoms with E-state index in [1.807, 2.05) is 65.8 Å². The molecule has 0 spiro atoms. The van der Waals surface area contributed by atoms with Gasteiger partial charge < -0.3 is 11.5 Å². The van der Waals surface area contributed by atoms with Crippen LogP contribution in [0.5, 0.6) is 0 Å². The van der Waals surface area contributed by atoms with Gasteiger partial charge in [-0.05, 0) is 24.5 Å². The van der Waals surface area contributed by atoms with E-state index in [4.69, 9.17) is 11.5 Å². The Morgan fingerprint density at radius 2 is 1.50 bits per heavy atom. The molecule has 3 heteroatoms. The lowest BCUT2D eigenvalue weighted by atomic mass is 10.0. The zero-order chi connectivity index (χ0) is 16.6. The third kappa shape index (κ3) is 11.9. The van der Waals surface area contributed by atoms with Gasteiger partial charge in [0.1, 0.15) is 5.78 Å². The summed E-state index contributed by atoms with van der Waals surface area (Å²) in [5, 5.41) is 0. The fraction of sp³-hybridized carbons (Fsp3) is 0.588. The number of hydrogen-bond donors (Lipinski definition) is 2. The van der Waals surface area contributed by atoms with Gasteiger partial charge >= 0.3 is 0 Å². The normalized spacial score (nSPS) is 9.65. The highest BCUT2D eigenvalue weighted by Gasteiger charge is 2.08. The Bertz CT molecular complexity index is 325. The molecule has 0 bridgehead atoms. The maximum atomic E-state index is 11.0. The molecule has 0 amide bonds. The lowest BCUT2D eigenvalue weighted by Gasteiger charge is -2.08. The monoisotopic (exact) mass is 282 g/mol. The first-order valence-electron chi connectivity index (χ1n) is 7.67. The average molecular weight is 282 g/mol. The van der Waals surface area contributed by atoms with E-state index < -0.39 is 6.04 Å². The van der Waals surface area contributed by atoms with Crippen molar-refractivity contribution in [3.05, 3.63) is 35.4 Å². The van der Waals surface area contributed by atoms with Gasteiger partial charge in [-0.15, -0.1) is 0 Å². The molecule has 1 unspecified atom stereocenters. The van der Waals surface area contributed by atoms with Crippen LogP contribution >= 0.6 is 0 Å². The molecule has 0 fully saturated rings. The quantitative estimate of drug-likeness (QED) is 0.885. The minimum absolute atomic E-state index is 0.0168. The van der Waals surface area contributed by atoms with Crippen molar-refractivity contribution in [1.82, 2.24) is 0 Å². The standard InChI is InChI=1S/C11H16N2O.3C2H6/c1-8(14)11(13)6-9-3-2-4-10(5-9)7-12;3*1-2/h2-5,11H,6-7,12-13H2,1H3;3*1-2H3. The molecule has 118 valence electrons. The number of nitrogens with two attached hydrogens (primary N) is 2. The first-order valence-corrected chi connectivity index (χ1v) is 7.67. The van der Waals surface area contributed by atoms with Crippen LogP contribution in [0.2, 0.25) is 0 Å². The Hall–Kier alpha value is -1.19. The van der Waals surface area contributed by atoms with Gasteiger partial charge in [-0.3, -0.25) is 4.79 Å². The van der Waals surface area contributed by atoms with Gasteiger partial charge in [0.2, 0.25) is 0 Å². The summed E-state index contributed by atoms with van der Waals surface area (Å²) in [7, 11) is 0. The SMILES string of the molecule is CC.CC.CC.CC(=O)C(N)Cc1cccc(CN)c1. The molecule has 0 aliphatic carbocycles. The molecular weight excluding hydrogens is 248 g/mol. The van der Waals surface area contributed by atoms with Crippen molar-refractivity contribution in [3.8, 4) is 0 Å². The highest BCUT2D eigenvalue weighted by molar-refractivity contribution is 5.81. The molecule has 4 N–H and O–H groups in total. The van der Waals surface area contributed by atoms with Gasteiger partial charge in [-0.25, -0.2) is 0 Å². The zero-order valence-corrected chi connectivity index (χ0v) is 14.4. The number of carbonyl (C=O) groups excluding carboxylic acids is 1. The van der Waals surface area contributed by atoms with Crippen LogP contribution in [0.4, 0.5) is 0 Å². The number of benzene rings is 1. The fourth-order valence-electron chi connectivity index (χ4n) is 1.28. The maximum Gasteiger partial charge on any atom is 0.146 e. The van der Waals surface area contributed by atoms with E-state index in [0.29, 0.717) is 13.0 Å². The molecule has 20 heavy (non-hydrogen) atoms. The molecule has 0 saturated carbocycles. The molecule has 1 aromatic carbocycles. The van der Waals surface area contributed by atoms with Gasteiger partial charge in [0.05, 0.1) is 6.04 Å². The average Bonchev–Trinajstić information content (AvgIpc) is 2.53. The van der Waals surface area contributed by atoms with Gasteiger partial charge in [0.15, 0.2) is 0 Å². The van der Waals surface area contributed by atoms with Crippen molar-refractivity contribution in [2.45, 2.75) is 67.5 Å². The van der Waals surface area contributed by atoms with E-state index in [-0.39, 0.29) is 5.78 Å². The minimum Gasteiger partial charge on any atom is -0.326 e. The third-order valence-electron chi connectivity index (χ3n) is 2.20. The predicted molar refractivity (Wildman–Crippen MR) is 90.7 cm³/mol. The van der Waals surface area contributed by atoms with Gasteiger partial charge in [0, 0.05) is 6.54 Å². The zero-order valence-electron chi connectivity index (χ0n) is 14.4. The summed E-state index contributed by atoms with van der Waals surface area (Å²) in [6.07, 6.45) is 0.586. The predicted octanol–water partition coefficient (Wildman–Crippen LogP) is 3.68. The Balaban J connectivity index is -0.000000425. The van der Waals surface area contributed by atoms with Crippen molar-refractivity contribution < 1.29 is 4.79 Å². The minimum atomic E-state index is -0.400. The number of carbonyl (C=O) groups is 1. The molecule has 0 saturated heterocycles. The van der Waals surface area contributed by atoms with E-state index in [1.165, 1.54) is 6.92 Å². The summed E-state index contributed by atoms with van der Waals surface area (Å²) in [6, 6.07) is 7.45. The van der Waals surface area contributed by atoms with Crippen LogP contribution in [0.25, 0.3) is 0 Å². The van der Waals surface area contributed by atoms with E-state index in [0.717, 1.165) is 11.1 Å². The summed E-state index contributed by atoms with van der Waals surface area (Å²) in [4.78, 5) is 11.0. The molecule has 0 aliphatic heterocycles. The second kappa shape index (κ2) is 17.8. The van der Waals surface area contributed by atoms with Crippen molar-refractivity contribution in [2.24, 2.45) is 11.5 Å². The molecule has 0 radical (unpaired) electrons. The summed E-state index contributed by atoms with van der Waals surface area (Å²) in [5.74, 6) is 0.0168. The third-order valence-corrected chi connectivity index (χ3v) is 2.20. The Morgan fingerprint density at radius 3 is 1.90 bits per heavy atom. The molecular formula is C17H34N2O. The van der Waals surface area contributed by atoms with Gasteiger partial charge in [-0.2, -0.15) is 0 Å². The first kappa shape index (κ1) is 23.9. The largest absolute Gasteiger partial charge is 0.326 e. The van der Waals surface area contributed by atoms with E-state index in [1.54, 1.807) is 0 Å². The second-order valence-corrected chi connectivity index (χ2v) is 3.45. The highest BCUT2D eigenvalue weighted by atomic mass is 16.1. The summed E-state index contributed by atoms with van der Waals surface area (Å²) >= 11 is 0. The number of hydrogen-bond acceptors (Lipinski definition) is 3. The number of ketones is 1. The molecule has 0 aliphatic rings. The highest BCUT2D eigenvalue weighted by Crippen LogP contribution is 2.06. The van der Waals surface area contributed by atoms with Gasteiger partial charge in [0.25, 0.3) is 0 Å². The Kier molecular flexibility index (Phi) is 21.3. The van der Waals surface area contributed by atoms with Crippen LogP contribution in [0.3, 0.4) is 0 Å². The lowest BCUT2D eigenvalue weighted by Crippen LogP contribution is -2.30. The smallest absolute Gasteiger partial charge is 0.146 e.